The van der Waals surface area contributed by atoms with Crippen LogP contribution in [0.3, 0.4) is 0 Å². The van der Waals surface area contributed by atoms with Crippen LogP contribution < -0.4 is 5.73 Å². The molecule has 3 heteroatoms. The van der Waals surface area contributed by atoms with Crippen molar-refractivity contribution >= 4 is 0 Å². The zero-order chi connectivity index (χ0) is 9.90. The molecule has 0 amide bonds. The summed E-state index contributed by atoms with van der Waals surface area (Å²) in [5, 5.41) is 8.57. The van der Waals surface area contributed by atoms with E-state index in [0.717, 1.165) is 19.6 Å². The molecular formula is C10H19N3. The number of likely N-dealkylation sites (tertiary alicyclic amines) is 1. The highest BCUT2D eigenvalue weighted by Crippen LogP contribution is 2.29. The molecule has 1 saturated heterocycles. The Morgan fingerprint density at radius 1 is 1.46 bits per heavy atom. The maximum absolute atomic E-state index is 8.57. The standard InChI is InChI=1S/C10H19N3/c1-10(2)3-5-13(6-4-10)8-9(12)7-11/h9H,3-6,8,12H2,1-2H3. The molecule has 3 nitrogen and oxygen atoms in total. The number of rotatable bonds is 2. The van der Waals surface area contributed by atoms with E-state index < -0.39 is 0 Å². The molecule has 0 aliphatic carbocycles. The average Bonchev–Trinajstić information content (AvgIpc) is 2.08. The average molecular weight is 181 g/mol. The van der Waals surface area contributed by atoms with Gasteiger partial charge in [0.2, 0.25) is 0 Å². The number of hydrogen-bond acceptors (Lipinski definition) is 3. The molecular weight excluding hydrogens is 162 g/mol. The first-order valence-electron chi connectivity index (χ1n) is 4.91. The predicted octanol–water partition coefficient (Wildman–Crippen LogP) is 0.959. The Morgan fingerprint density at radius 2 is 2.00 bits per heavy atom. The smallest absolute Gasteiger partial charge is 0.106 e. The minimum atomic E-state index is -0.318. The van der Waals surface area contributed by atoms with Gasteiger partial charge >= 0.3 is 0 Å². The second kappa shape index (κ2) is 4.08. The fraction of sp³-hybridized carbons (Fsp3) is 0.900. The SMILES string of the molecule is CC1(C)CCN(CC(N)C#N)CC1. The third-order valence-electron chi connectivity index (χ3n) is 2.83. The number of hydrogen-bond donors (Lipinski definition) is 1. The van der Waals surface area contributed by atoms with Crippen LogP contribution >= 0.6 is 0 Å². The summed E-state index contributed by atoms with van der Waals surface area (Å²) in [4.78, 5) is 2.29. The van der Waals surface area contributed by atoms with Gasteiger partial charge in [-0.25, -0.2) is 0 Å². The lowest BCUT2D eigenvalue weighted by Crippen LogP contribution is -2.43. The highest BCUT2D eigenvalue weighted by atomic mass is 15.1. The monoisotopic (exact) mass is 181 g/mol. The van der Waals surface area contributed by atoms with Gasteiger partial charge in [-0.15, -0.1) is 0 Å². The lowest BCUT2D eigenvalue weighted by Gasteiger charge is -2.37. The highest BCUT2D eigenvalue weighted by Gasteiger charge is 2.25. The quantitative estimate of drug-likeness (QED) is 0.690. The van der Waals surface area contributed by atoms with E-state index in [9.17, 15) is 0 Å². The molecule has 1 rings (SSSR count). The second-order valence-electron chi connectivity index (χ2n) is 4.70. The highest BCUT2D eigenvalue weighted by molar-refractivity contribution is 4.90. The van der Waals surface area contributed by atoms with Crippen LogP contribution in [-0.2, 0) is 0 Å². The summed E-state index contributed by atoms with van der Waals surface area (Å²) in [7, 11) is 0. The summed E-state index contributed by atoms with van der Waals surface area (Å²) in [6.45, 7) is 7.50. The minimum Gasteiger partial charge on any atom is -0.315 e. The first-order valence-corrected chi connectivity index (χ1v) is 4.91. The van der Waals surface area contributed by atoms with Gasteiger partial charge in [0.25, 0.3) is 0 Å². The molecule has 74 valence electrons. The minimum absolute atomic E-state index is 0.318. The number of nitriles is 1. The van der Waals surface area contributed by atoms with E-state index >= 15 is 0 Å². The van der Waals surface area contributed by atoms with E-state index in [2.05, 4.69) is 24.8 Å². The topological polar surface area (TPSA) is 53.0 Å². The van der Waals surface area contributed by atoms with Gasteiger partial charge in [0.1, 0.15) is 6.04 Å². The largest absolute Gasteiger partial charge is 0.315 e. The van der Waals surface area contributed by atoms with Gasteiger partial charge < -0.3 is 10.6 Å². The number of nitrogens with zero attached hydrogens (tertiary/aromatic N) is 2. The van der Waals surface area contributed by atoms with Gasteiger partial charge in [-0.05, 0) is 31.3 Å². The van der Waals surface area contributed by atoms with Crippen LogP contribution in [0.4, 0.5) is 0 Å². The number of nitrogens with two attached hydrogens (primary N) is 1. The zero-order valence-corrected chi connectivity index (χ0v) is 8.58. The van der Waals surface area contributed by atoms with E-state index in [1.54, 1.807) is 0 Å². The van der Waals surface area contributed by atoms with Crippen molar-refractivity contribution in [2.75, 3.05) is 19.6 Å². The van der Waals surface area contributed by atoms with E-state index in [4.69, 9.17) is 11.0 Å². The fourth-order valence-corrected chi connectivity index (χ4v) is 1.66. The molecule has 0 bridgehead atoms. The van der Waals surface area contributed by atoms with Crippen molar-refractivity contribution in [1.29, 1.82) is 5.26 Å². The Morgan fingerprint density at radius 3 is 2.46 bits per heavy atom. The molecule has 1 fully saturated rings. The molecule has 0 radical (unpaired) electrons. The summed E-state index contributed by atoms with van der Waals surface area (Å²) < 4.78 is 0. The van der Waals surface area contributed by atoms with Crippen LogP contribution in [-0.4, -0.2) is 30.6 Å². The lowest BCUT2D eigenvalue weighted by molar-refractivity contribution is 0.131. The molecule has 0 aromatic carbocycles. The summed E-state index contributed by atoms with van der Waals surface area (Å²) in [5.74, 6) is 0. The Hall–Kier alpha value is -0.590. The summed E-state index contributed by atoms with van der Waals surface area (Å²) in [6, 6.07) is 1.75. The van der Waals surface area contributed by atoms with Gasteiger partial charge in [-0.1, -0.05) is 13.8 Å². The van der Waals surface area contributed by atoms with Crippen LogP contribution in [0.1, 0.15) is 26.7 Å². The maximum atomic E-state index is 8.57. The van der Waals surface area contributed by atoms with Crippen molar-refractivity contribution in [2.45, 2.75) is 32.7 Å². The van der Waals surface area contributed by atoms with Crippen LogP contribution in [0.15, 0.2) is 0 Å². The molecule has 1 atom stereocenters. The van der Waals surface area contributed by atoms with Gasteiger partial charge in [-0.3, -0.25) is 0 Å². The molecule has 1 heterocycles. The lowest BCUT2D eigenvalue weighted by atomic mass is 9.82. The third kappa shape index (κ3) is 3.33. The van der Waals surface area contributed by atoms with E-state index in [0.29, 0.717) is 5.41 Å². The number of piperidine rings is 1. The van der Waals surface area contributed by atoms with Crippen LogP contribution in [0.2, 0.25) is 0 Å². The third-order valence-corrected chi connectivity index (χ3v) is 2.83. The fourth-order valence-electron chi connectivity index (χ4n) is 1.66. The molecule has 1 unspecified atom stereocenters. The van der Waals surface area contributed by atoms with Crippen molar-refractivity contribution in [2.24, 2.45) is 11.1 Å². The normalized spacial score (nSPS) is 25.1. The zero-order valence-electron chi connectivity index (χ0n) is 8.58. The molecule has 2 N–H and O–H groups in total. The first kappa shape index (κ1) is 10.5. The predicted molar refractivity (Wildman–Crippen MR) is 53.0 cm³/mol. The van der Waals surface area contributed by atoms with Gasteiger partial charge in [0, 0.05) is 6.54 Å². The van der Waals surface area contributed by atoms with Crippen LogP contribution in [0.5, 0.6) is 0 Å². The van der Waals surface area contributed by atoms with Crippen molar-refractivity contribution in [3.05, 3.63) is 0 Å². The van der Waals surface area contributed by atoms with E-state index in [-0.39, 0.29) is 6.04 Å². The van der Waals surface area contributed by atoms with Crippen molar-refractivity contribution < 1.29 is 0 Å². The van der Waals surface area contributed by atoms with Gasteiger partial charge in [0.15, 0.2) is 0 Å². The molecule has 0 aromatic rings. The molecule has 0 saturated carbocycles. The Labute approximate surface area is 80.5 Å². The Kier molecular flexibility index (Phi) is 3.29. The Bertz CT molecular complexity index is 195. The maximum Gasteiger partial charge on any atom is 0.106 e. The molecule has 1 aliphatic rings. The van der Waals surface area contributed by atoms with E-state index in [1.165, 1.54) is 12.8 Å². The Balaban J connectivity index is 2.30. The van der Waals surface area contributed by atoms with Gasteiger partial charge in [0.05, 0.1) is 6.07 Å². The first-order chi connectivity index (χ1) is 6.03. The molecule has 0 spiro atoms. The molecule has 1 aliphatic heterocycles. The van der Waals surface area contributed by atoms with Gasteiger partial charge in [-0.2, -0.15) is 5.26 Å². The van der Waals surface area contributed by atoms with Crippen LogP contribution in [0.25, 0.3) is 0 Å². The van der Waals surface area contributed by atoms with Crippen molar-refractivity contribution in [3.8, 4) is 6.07 Å². The summed E-state index contributed by atoms with van der Waals surface area (Å²) in [6.07, 6.45) is 2.43. The van der Waals surface area contributed by atoms with Crippen molar-refractivity contribution in [1.82, 2.24) is 4.90 Å². The summed E-state index contributed by atoms with van der Waals surface area (Å²) in [5.41, 5.74) is 6.05. The van der Waals surface area contributed by atoms with Crippen molar-refractivity contribution in [3.63, 3.8) is 0 Å². The summed E-state index contributed by atoms with van der Waals surface area (Å²) >= 11 is 0. The van der Waals surface area contributed by atoms with Crippen LogP contribution in [0, 0.1) is 16.7 Å². The molecule has 13 heavy (non-hydrogen) atoms. The van der Waals surface area contributed by atoms with E-state index in [1.807, 2.05) is 0 Å². The molecule has 0 aromatic heterocycles. The second-order valence-corrected chi connectivity index (χ2v) is 4.70.